The molecule has 1 amide bonds. The quantitative estimate of drug-likeness (QED) is 0.113. The predicted molar refractivity (Wildman–Crippen MR) is 175 cm³/mol. The second kappa shape index (κ2) is 16.7. The Hall–Kier alpha value is -3.31. The van der Waals surface area contributed by atoms with Gasteiger partial charge in [-0.3, -0.25) is 19.0 Å². The molecule has 10 nitrogen and oxygen atoms in total. The molecule has 3 aromatic heterocycles. The summed E-state index contributed by atoms with van der Waals surface area (Å²) in [6, 6.07) is 1.70. The van der Waals surface area contributed by atoms with Gasteiger partial charge in [0.1, 0.15) is 11.4 Å². The number of unbranched alkanes of at least 4 members (excludes halogenated alkanes) is 12. The fourth-order valence-electron chi connectivity index (χ4n) is 5.92. The van der Waals surface area contributed by atoms with Crippen molar-refractivity contribution >= 4 is 40.1 Å². The van der Waals surface area contributed by atoms with Gasteiger partial charge < -0.3 is 10.0 Å². The lowest BCUT2D eigenvalue weighted by atomic mass is 10.0. The van der Waals surface area contributed by atoms with Crippen LogP contribution >= 0.6 is 11.3 Å². The van der Waals surface area contributed by atoms with Crippen LogP contribution in [-0.2, 0) is 9.63 Å². The molecule has 1 aliphatic rings. The van der Waals surface area contributed by atoms with E-state index in [4.69, 9.17) is 9.82 Å². The predicted octanol–water partition coefficient (Wildman–Crippen LogP) is 6.91. The minimum atomic E-state index is -1.29. The molecule has 4 heterocycles. The SMILES string of the molecule is CCCCCCCCCCCCCCCC(=O)N(OC)C1CN(c2cc(C)c3c(=O)c(C(=O)O)cn(-c4nccs4)c3n2)C1. The van der Waals surface area contributed by atoms with Gasteiger partial charge in [-0.15, -0.1) is 11.3 Å². The van der Waals surface area contributed by atoms with Crippen LogP contribution in [0.5, 0.6) is 0 Å². The summed E-state index contributed by atoms with van der Waals surface area (Å²) in [6.07, 6.45) is 19.8. The molecule has 0 aromatic carbocycles. The maximum absolute atomic E-state index is 13.0. The smallest absolute Gasteiger partial charge is 0.341 e. The van der Waals surface area contributed by atoms with E-state index in [9.17, 15) is 19.5 Å². The molecule has 4 rings (SSSR count). The molecule has 0 spiro atoms. The number of pyridine rings is 2. The van der Waals surface area contributed by atoms with E-state index < -0.39 is 11.4 Å². The molecular formula is C33H47N5O5S. The molecule has 1 fully saturated rings. The molecule has 0 aliphatic carbocycles. The number of thiazole rings is 1. The highest BCUT2D eigenvalue weighted by Crippen LogP contribution is 2.28. The Labute approximate surface area is 264 Å². The number of anilines is 1. The minimum Gasteiger partial charge on any atom is -0.477 e. The zero-order valence-electron chi connectivity index (χ0n) is 26.4. The third-order valence-electron chi connectivity index (χ3n) is 8.45. The highest BCUT2D eigenvalue weighted by Gasteiger charge is 2.36. The first-order chi connectivity index (χ1) is 21.3. The number of carbonyl (C=O) groups is 2. The van der Waals surface area contributed by atoms with Crippen LogP contribution in [0, 0.1) is 6.92 Å². The van der Waals surface area contributed by atoms with E-state index in [0.717, 1.165) is 12.8 Å². The van der Waals surface area contributed by atoms with Crippen molar-refractivity contribution in [3.8, 4) is 5.13 Å². The van der Waals surface area contributed by atoms with Gasteiger partial charge in [0.15, 0.2) is 10.8 Å². The zero-order chi connectivity index (χ0) is 31.5. The number of hydroxylamine groups is 2. The van der Waals surface area contributed by atoms with Gasteiger partial charge in [-0.05, 0) is 25.0 Å². The molecule has 0 saturated carbocycles. The van der Waals surface area contributed by atoms with E-state index in [1.54, 1.807) is 29.1 Å². The summed E-state index contributed by atoms with van der Waals surface area (Å²) < 4.78 is 1.57. The number of aromatic nitrogens is 3. The number of fused-ring (bicyclic) bond motifs is 1. The number of aromatic carboxylic acids is 1. The van der Waals surface area contributed by atoms with Gasteiger partial charge in [-0.25, -0.2) is 19.8 Å². The second-order valence-electron chi connectivity index (χ2n) is 11.8. The summed E-state index contributed by atoms with van der Waals surface area (Å²) in [7, 11) is 1.54. The number of hydrogen-bond acceptors (Lipinski definition) is 8. The van der Waals surface area contributed by atoms with Crippen molar-refractivity contribution in [2.75, 3.05) is 25.1 Å². The van der Waals surface area contributed by atoms with Gasteiger partial charge >= 0.3 is 5.97 Å². The summed E-state index contributed by atoms with van der Waals surface area (Å²) in [5.74, 6) is -0.639. The minimum absolute atomic E-state index is 0.00156. The first kappa shape index (κ1) is 33.6. The van der Waals surface area contributed by atoms with Crippen LogP contribution < -0.4 is 10.3 Å². The highest BCUT2D eigenvalue weighted by molar-refractivity contribution is 7.12. The zero-order valence-corrected chi connectivity index (χ0v) is 27.2. The van der Waals surface area contributed by atoms with Crippen LogP contribution in [0.2, 0.25) is 0 Å². The van der Waals surface area contributed by atoms with Crippen LogP contribution in [0.3, 0.4) is 0 Å². The van der Waals surface area contributed by atoms with Gasteiger partial charge in [-0.2, -0.15) is 0 Å². The van der Waals surface area contributed by atoms with E-state index in [1.807, 2.05) is 4.90 Å². The normalized spacial score (nSPS) is 13.4. The standard InChI is InChI=1S/C33H47N5O5S/c1-4-5-6-7-8-9-10-11-12-13-14-15-16-17-28(39)38(43-3)25-21-36(22-25)27-20-24(2)29-30(40)26(32(41)42)23-37(31(29)35-27)33-34-18-19-44-33/h18-20,23,25H,4-17,21-22H2,1-3H3,(H,41,42). The van der Waals surface area contributed by atoms with Crippen molar-refractivity contribution in [2.45, 2.75) is 110 Å². The molecule has 0 unspecified atom stereocenters. The van der Waals surface area contributed by atoms with Crippen LogP contribution in [0.1, 0.15) is 113 Å². The summed E-state index contributed by atoms with van der Waals surface area (Å²) in [4.78, 5) is 54.4. The van der Waals surface area contributed by atoms with Crippen molar-refractivity contribution in [2.24, 2.45) is 0 Å². The molecule has 240 valence electrons. The number of nitrogens with zero attached hydrogens (tertiary/aromatic N) is 5. The summed E-state index contributed by atoms with van der Waals surface area (Å²) in [6.45, 7) is 5.13. The Bertz CT molecular complexity index is 1430. The van der Waals surface area contributed by atoms with E-state index >= 15 is 0 Å². The fraction of sp³-hybridized carbons (Fsp3) is 0.606. The number of amides is 1. The molecule has 0 bridgehead atoms. The Balaban J connectivity index is 1.26. The van der Waals surface area contributed by atoms with Gasteiger partial charge in [-0.1, -0.05) is 84.0 Å². The molecule has 44 heavy (non-hydrogen) atoms. The fourth-order valence-corrected chi connectivity index (χ4v) is 6.54. The van der Waals surface area contributed by atoms with Crippen molar-refractivity contribution in [1.82, 2.24) is 19.6 Å². The Morgan fingerprint density at radius 2 is 1.64 bits per heavy atom. The number of hydrogen-bond donors (Lipinski definition) is 1. The average molecular weight is 626 g/mol. The summed E-state index contributed by atoms with van der Waals surface area (Å²) in [5, 5.41) is 13.7. The van der Waals surface area contributed by atoms with Crippen LogP contribution in [0.4, 0.5) is 5.82 Å². The highest BCUT2D eigenvalue weighted by atomic mass is 32.1. The van der Waals surface area contributed by atoms with Crippen molar-refractivity contribution in [3.05, 3.63) is 45.2 Å². The molecule has 11 heteroatoms. The van der Waals surface area contributed by atoms with Crippen LogP contribution in [-0.4, -0.2) is 62.8 Å². The number of aryl methyl sites for hydroxylation is 1. The van der Waals surface area contributed by atoms with Gasteiger partial charge in [0, 0.05) is 37.3 Å². The molecule has 1 saturated heterocycles. The van der Waals surface area contributed by atoms with E-state index in [1.165, 1.54) is 100 Å². The third-order valence-corrected chi connectivity index (χ3v) is 9.22. The molecule has 1 aliphatic heterocycles. The van der Waals surface area contributed by atoms with E-state index in [0.29, 0.717) is 41.7 Å². The van der Waals surface area contributed by atoms with Crippen LogP contribution in [0.25, 0.3) is 16.2 Å². The van der Waals surface area contributed by atoms with Gasteiger partial charge in [0.05, 0.1) is 18.5 Å². The second-order valence-corrected chi connectivity index (χ2v) is 12.7. The maximum atomic E-state index is 13.0. The van der Waals surface area contributed by atoms with E-state index in [-0.39, 0.29) is 22.9 Å². The number of rotatable bonds is 19. The molecule has 0 radical (unpaired) electrons. The Morgan fingerprint density at radius 1 is 1.02 bits per heavy atom. The van der Waals surface area contributed by atoms with Crippen molar-refractivity contribution in [1.29, 1.82) is 0 Å². The summed E-state index contributed by atoms with van der Waals surface area (Å²) in [5.41, 5.74) is 0.0965. The molecule has 1 N–H and O–H groups in total. The van der Waals surface area contributed by atoms with Crippen LogP contribution in [0.15, 0.2) is 28.6 Å². The molecule has 0 atom stereocenters. The van der Waals surface area contributed by atoms with Gasteiger partial charge in [0.25, 0.3) is 0 Å². The Morgan fingerprint density at radius 3 is 2.18 bits per heavy atom. The largest absolute Gasteiger partial charge is 0.477 e. The molecule has 3 aromatic rings. The first-order valence-corrected chi connectivity index (χ1v) is 17.0. The lowest BCUT2D eigenvalue weighted by molar-refractivity contribution is -0.191. The monoisotopic (exact) mass is 625 g/mol. The number of carbonyl (C=O) groups excluding carboxylic acids is 1. The summed E-state index contributed by atoms with van der Waals surface area (Å²) >= 11 is 1.33. The molecular weight excluding hydrogens is 578 g/mol. The lowest BCUT2D eigenvalue weighted by Crippen LogP contribution is -2.61. The number of carboxylic acids is 1. The third kappa shape index (κ3) is 8.44. The Kier molecular flexibility index (Phi) is 12.7. The van der Waals surface area contributed by atoms with Crippen molar-refractivity contribution in [3.63, 3.8) is 0 Å². The average Bonchev–Trinajstić information content (AvgIpc) is 3.51. The van der Waals surface area contributed by atoms with Gasteiger partial charge in [0.2, 0.25) is 11.3 Å². The van der Waals surface area contributed by atoms with E-state index in [2.05, 4.69) is 11.9 Å². The topological polar surface area (TPSA) is 118 Å². The number of carboxylic acid groups (broad SMARTS) is 1. The maximum Gasteiger partial charge on any atom is 0.341 e. The van der Waals surface area contributed by atoms with Crippen molar-refractivity contribution < 1.29 is 19.5 Å². The first-order valence-electron chi connectivity index (χ1n) is 16.2. The lowest BCUT2D eigenvalue weighted by Gasteiger charge is -2.44.